The fourth-order valence-corrected chi connectivity index (χ4v) is 4.10. The topological polar surface area (TPSA) is 104 Å². The molecule has 157 valence electrons. The summed E-state index contributed by atoms with van der Waals surface area (Å²) in [4.78, 5) is 31.7. The first-order valence-electron chi connectivity index (χ1n) is 9.41. The van der Waals surface area contributed by atoms with Crippen LogP contribution >= 0.6 is 11.3 Å². The molecule has 0 aliphatic heterocycles. The average molecular weight is 443 g/mol. The van der Waals surface area contributed by atoms with E-state index in [0.717, 1.165) is 11.3 Å². The van der Waals surface area contributed by atoms with E-state index in [2.05, 4.69) is 20.6 Å². The number of carbonyl (C=O) groups excluding carboxylic acids is 1. The van der Waals surface area contributed by atoms with Crippen molar-refractivity contribution >= 4 is 57.5 Å². The quantitative estimate of drug-likeness (QED) is 0.391. The van der Waals surface area contributed by atoms with Crippen LogP contribution in [0.25, 0.3) is 32.6 Å². The molecule has 4 rings (SSSR count). The van der Waals surface area contributed by atoms with Gasteiger partial charge in [0.1, 0.15) is 5.52 Å². The molecule has 3 N–H and O–H groups in total. The molecule has 0 aliphatic rings. The van der Waals surface area contributed by atoms with Crippen molar-refractivity contribution in [3.8, 4) is 22.4 Å². The number of carboxylic acid groups (broad SMARTS) is 1. The number of amides is 2. The number of hydrogen-bond acceptors (Lipinski definition) is 5. The molecule has 0 saturated carbocycles. The van der Waals surface area contributed by atoms with E-state index in [1.54, 1.807) is 43.5 Å². The maximum Gasteiger partial charge on any atom is 0.335 e. The van der Waals surface area contributed by atoms with Gasteiger partial charge >= 0.3 is 12.0 Å². The van der Waals surface area contributed by atoms with Crippen LogP contribution in [0.4, 0.5) is 14.3 Å². The number of urea groups is 1. The van der Waals surface area contributed by atoms with Crippen LogP contribution in [0.1, 0.15) is 17.3 Å². The maximum absolute atomic E-state index is 15.5. The minimum Gasteiger partial charge on any atom is -0.478 e. The van der Waals surface area contributed by atoms with Gasteiger partial charge in [-0.05, 0) is 42.8 Å². The van der Waals surface area contributed by atoms with Crippen molar-refractivity contribution in [1.29, 1.82) is 0 Å². The number of carboxylic acids is 1. The summed E-state index contributed by atoms with van der Waals surface area (Å²) < 4.78 is 16.0. The molecular weight excluding hydrogens is 426 g/mol. The number of nitrogens with zero attached hydrogens (tertiary/aromatic N) is 2. The second kappa shape index (κ2) is 9.91. The molecule has 4 aromatic rings. The van der Waals surface area contributed by atoms with E-state index in [9.17, 15) is 9.59 Å². The van der Waals surface area contributed by atoms with Crippen LogP contribution in [0, 0.1) is 5.82 Å². The number of halogens is 1. The summed E-state index contributed by atoms with van der Waals surface area (Å²) in [6.45, 7) is 2.24. The van der Waals surface area contributed by atoms with Crippen LogP contribution in [-0.4, -0.2) is 52.5 Å². The summed E-state index contributed by atoms with van der Waals surface area (Å²) in [7, 11) is 0. The molecule has 32 heavy (non-hydrogen) atoms. The van der Waals surface area contributed by atoms with E-state index in [1.165, 1.54) is 12.1 Å². The van der Waals surface area contributed by atoms with Gasteiger partial charge in [-0.1, -0.05) is 29.5 Å². The third-order valence-corrected chi connectivity index (χ3v) is 5.55. The number of anilines is 1. The van der Waals surface area contributed by atoms with Gasteiger partial charge in [-0.3, -0.25) is 10.3 Å². The number of benzene rings is 2. The summed E-state index contributed by atoms with van der Waals surface area (Å²) in [5.74, 6) is -1.62. The van der Waals surface area contributed by atoms with E-state index in [4.69, 9.17) is 5.11 Å². The smallest absolute Gasteiger partial charge is 0.335 e. The molecule has 0 aliphatic carbocycles. The SMILES string of the molecule is CCNC(=O)Nc1nc2c(F)c(-c3ccc(C(=O)O)cc3)cc(-c3ccccn3)c2s1.[Li]. The predicted octanol–water partition coefficient (Wildman–Crippen LogP) is 4.62. The van der Waals surface area contributed by atoms with E-state index < -0.39 is 17.8 Å². The third kappa shape index (κ3) is 4.65. The second-order valence-electron chi connectivity index (χ2n) is 6.56. The zero-order valence-electron chi connectivity index (χ0n) is 17.3. The molecule has 0 fully saturated rings. The monoisotopic (exact) mass is 443 g/mol. The Kier molecular flexibility index (Phi) is 7.25. The van der Waals surface area contributed by atoms with Crippen molar-refractivity contribution in [2.75, 3.05) is 11.9 Å². The first-order chi connectivity index (χ1) is 15.0. The Morgan fingerprint density at radius 3 is 2.50 bits per heavy atom. The van der Waals surface area contributed by atoms with Gasteiger partial charge in [0.05, 0.1) is 16.0 Å². The molecule has 0 unspecified atom stereocenters. The minimum absolute atomic E-state index is 0. The number of thiazole rings is 1. The van der Waals surface area contributed by atoms with E-state index in [-0.39, 0.29) is 40.6 Å². The van der Waals surface area contributed by atoms with Crippen LogP contribution < -0.4 is 10.6 Å². The standard InChI is InChI=1S/C22H17FN4O3S.Li/c1-2-24-21(30)27-22-26-18-17(23)14(12-6-8-13(9-7-12)20(28)29)11-15(19(18)31-22)16-5-3-4-10-25-16;/h3-11H,2H2,1H3,(H,28,29)(H2,24,26,27,30);. The minimum atomic E-state index is -1.06. The molecule has 10 heteroatoms. The van der Waals surface area contributed by atoms with Gasteiger partial charge in [-0.25, -0.2) is 19.0 Å². The largest absolute Gasteiger partial charge is 0.478 e. The van der Waals surface area contributed by atoms with Gasteiger partial charge in [0, 0.05) is 42.7 Å². The first-order valence-corrected chi connectivity index (χ1v) is 10.2. The molecule has 0 spiro atoms. The summed E-state index contributed by atoms with van der Waals surface area (Å²) >= 11 is 1.16. The first kappa shape index (κ1) is 23.4. The van der Waals surface area contributed by atoms with Gasteiger partial charge < -0.3 is 10.4 Å². The molecule has 1 radical (unpaired) electrons. The van der Waals surface area contributed by atoms with Crippen molar-refractivity contribution < 1.29 is 19.1 Å². The molecular formula is C22H17FLiN4O3S. The zero-order valence-corrected chi connectivity index (χ0v) is 18.2. The number of hydrogen-bond donors (Lipinski definition) is 3. The third-order valence-electron chi connectivity index (χ3n) is 4.55. The number of aromatic carboxylic acids is 1. The number of carbonyl (C=O) groups is 2. The maximum atomic E-state index is 15.5. The van der Waals surface area contributed by atoms with Crippen molar-refractivity contribution in [3.63, 3.8) is 0 Å². The summed E-state index contributed by atoms with van der Waals surface area (Å²) in [5, 5.41) is 14.6. The van der Waals surface area contributed by atoms with Crippen LogP contribution in [-0.2, 0) is 0 Å². The molecule has 2 heterocycles. The number of pyridine rings is 1. The average Bonchev–Trinajstić information content (AvgIpc) is 3.19. The molecule has 2 amide bonds. The summed E-state index contributed by atoms with van der Waals surface area (Å²) in [5.41, 5.74) is 2.28. The second-order valence-corrected chi connectivity index (χ2v) is 7.56. The number of rotatable bonds is 5. The van der Waals surface area contributed by atoms with Crippen LogP contribution in [0.2, 0.25) is 0 Å². The molecule has 0 bridgehead atoms. The van der Waals surface area contributed by atoms with Crippen molar-refractivity contribution in [2.45, 2.75) is 6.92 Å². The van der Waals surface area contributed by atoms with Gasteiger partial charge in [0.15, 0.2) is 10.9 Å². The Bertz CT molecular complexity index is 1280. The van der Waals surface area contributed by atoms with Gasteiger partial charge in [-0.2, -0.15) is 0 Å². The summed E-state index contributed by atoms with van der Waals surface area (Å²) in [6.07, 6.45) is 1.64. The van der Waals surface area contributed by atoms with Gasteiger partial charge in [-0.15, -0.1) is 0 Å². The number of fused-ring (bicyclic) bond motifs is 1. The van der Waals surface area contributed by atoms with Crippen LogP contribution in [0.5, 0.6) is 0 Å². The van der Waals surface area contributed by atoms with Crippen LogP contribution in [0.3, 0.4) is 0 Å². The summed E-state index contributed by atoms with van der Waals surface area (Å²) in [6, 6.07) is 12.6. The molecule has 2 aromatic heterocycles. The number of aromatic nitrogens is 2. The van der Waals surface area contributed by atoms with Crippen molar-refractivity contribution in [2.24, 2.45) is 0 Å². The predicted molar refractivity (Wildman–Crippen MR) is 124 cm³/mol. The van der Waals surface area contributed by atoms with Crippen LogP contribution in [0.15, 0.2) is 54.7 Å². The van der Waals surface area contributed by atoms with Gasteiger partial charge in [0.25, 0.3) is 0 Å². The Morgan fingerprint density at radius 2 is 1.88 bits per heavy atom. The molecule has 0 atom stereocenters. The Balaban J connectivity index is 0.00000289. The fraction of sp³-hybridized carbons (Fsp3) is 0.0909. The fourth-order valence-electron chi connectivity index (χ4n) is 3.12. The van der Waals surface area contributed by atoms with E-state index in [0.29, 0.717) is 28.1 Å². The van der Waals surface area contributed by atoms with E-state index >= 15 is 4.39 Å². The number of nitrogens with one attached hydrogen (secondary N) is 2. The molecule has 0 saturated heterocycles. The molecule has 7 nitrogen and oxygen atoms in total. The van der Waals surface area contributed by atoms with Gasteiger partial charge in [0.2, 0.25) is 0 Å². The van der Waals surface area contributed by atoms with Crippen molar-refractivity contribution in [1.82, 2.24) is 15.3 Å². The zero-order chi connectivity index (χ0) is 22.0. The Hall–Kier alpha value is -3.25. The van der Waals surface area contributed by atoms with Crippen molar-refractivity contribution in [3.05, 3.63) is 66.1 Å². The normalized spacial score (nSPS) is 10.4. The molecule has 2 aromatic carbocycles. The Labute approximate surface area is 198 Å². The Morgan fingerprint density at radius 1 is 1.12 bits per heavy atom. The van der Waals surface area contributed by atoms with E-state index in [1.807, 2.05) is 6.07 Å².